The normalized spacial score (nSPS) is 13.5. The predicted octanol–water partition coefficient (Wildman–Crippen LogP) is 15.7. The number of carbonyl (C=O) groups is 2. The van der Waals surface area contributed by atoms with Crippen molar-refractivity contribution in [2.75, 3.05) is 6.61 Å². The zero-order valence-electron chi connectivity index (χ0n) is 40.1. The van der Waals surface area contributed by atoms with Crippen LogP contribution in [-0.4, -0.2) is 46.9 Å². The van der Waals surface area contributed by atoms with Crippen LogP contribution in [0.5, 0.6) is 0 Å². The Labute approximate surface area is 373 Å². The van der Waals surface area contributed by atoms with Gasteiger partial charge in [0.05, 0.1) is 25.2 Å². The highest BCUT2D eigenvalue weighted by Gasteiger charge is 2.24. The van der Waals surface area contributed by atoms with E-state index in [1.54, 1.807) is 0 Å². The van der Waals surface area contributed by atoms with Crippen LogP contribution >= 0.6 is 0 Å². The van der Waals surface area contributed by atoms with E-state index in [1.807, 2.05) is 0 Å². The van der Waals surface area contributed by atoms with Crippen LogP contribution < -0.4 is 5.32 Å². The van der Waals surface area contributed by atoms with Crippen molar-refractivity contribution in [2.45, 2.75) is 289 Å². The summed E-state index contributed by atoms with van der Waals surface area (Å²) in [7, 11) is 0. The van der Waals surface area contributed by atoms with E-state index in [4.69, 9.17) is 4.74 Å². The van der Waals surface area contributed by atoms with Gasteiger partial charge in [0, 0.05) is 6.42 Å². The van der Waals surface area contributed by atoms with Gasteiger partial charge in [-0.3, -0.25) is 9.59 Å². The fraction of sp³-hybridized carbons (Fsp3) is 0.852. The van der Waals surface area contributed by atoms with Crippen LogP contribution in [0.4, 0.5) is 0 Å². The molecule has 0 aromatic carbocycles. The summed E-state index contributed by atoms with van der Waals surface area (Å²) in [6.45, 7) is 6.38. The predicted molar refractivity (Wildman–Crippen MR) is 259 cm³/mol. The first kappa shape index (κ1) is 58.1. The molecule has 0 radical (unpaired) electrons. The van der Waals surface area contributed by atoms with Crippen molar-refractivity contribution in [1.82, 2.24) is 5.32 Å². The average Bonchev–Trinajstić information content (AvgIpc) is 3.24. The minimum absolute atomic E-state index is 0.0762. The molecule has 0 aromatic rings. The molecule has 0 fully saturated rings. The molecule has 3 unspecified atom stereocenters. The van der Waals surface area contributed by atoms with Gasteiger partial charge in [0.25, 0.3) is 0 Å². The van der Waals surface area contributed by atoms with E-state index in [0.717, 1.165) is 70.6 Å². The number of allylic oxidation sites excluding steroid dienone is 6. The number of carbonyl (C=O) groups excluding carboxylic acids is 2. The molecule has 6 heteroatoms. The van der Waals surface area contributed by atoms with E-state index in [1.165, 1.54) is 154 Å². The van der Waals surface area contributed by atoms with E-state index >= 15 is 0 Å². The highest BCUT2D eigenvalue weighted by atomic mass is 16.5. The first-order valence-corrected chi connectivity index (χ1v) is 26.2. The molecule has 6 nitrogen and oxygen atoms in total. The van der Waals surface area contributed by atoms with Gasteiger partial charge in [0.15, 0.2) is 0 Å². The molecular formula is C54H101NO5. The fourth-order valence-corrected chi connectivity index (χ4v) is 8.03. The second-order valence-corrected chi connectivity index (χ2v) is 17.9. The molecule has 0 aliphatic rings. The van der Waals surface area contributed by atoms with E-state index in [2.05, 4.69) is 62.5 Å². The van der Waals surface area contributed by atoms with Gasteiger partial charge in [-0.1, -0.05) is 237 Å². The first-order chi connectivity index (χ1) is 29.5. The van der Waals surface area contributed by atoms with Crippen LogP contribution in [0.2, 0.25) is 0 Å². The fourth-order valence-electron chi connectivity index (χ4n) is 8.03. The third kappa shape index (κ3) is 42.8. The number of ether oxygens (including phenoxy) is 1. The number of amides is 1. The maximum atomic E-state index is 13.2. The molecule has 3 N–H and O–H groups in total. The molecule has 352 valence electrons. The van der Waals surface area contributed by atoms with Crippen LogP contribution in [0.1, 0.15) is 271 Å². The van der Waals surface area contributed by atoms with Crippen molar-refractivity contribution in [3.05, 3.63) is 36.5 Å². The Morgan fingerprint density at radius 2 is 0.900 bits per heavy atom. The maximum Gasteiger partial charge on any atom is 0.306 e. The zero-order chi connectivity index (χ0) is 43.8. The molecule has 1 amide bonds. The molecule has 0 bridgehead atoms. The van der Waals surface area contributed by atoms with Crippen LogP contribution in [0.15, 0.2) is 36.5 Å². The Bertz CT molecular complexity index is 993. The molecule has 0 aliphatic heterocycles. The lowest BCUT2D eigenvalue weighted by Crippen LogP contribution is -2.46. The second kappa shape index (κ2) is 48.1. The van der Waals surface area contributed by atoms with Crippen molar-refractivity contribution in [2.24, 2.45) is 0 Å². The Morgan fingerprint density at radius 1 is 0.500 bits per heavy atom. The second-order valence-electron chi connectivity index (χ2n) is 17.9. The number of hydrogen-bond donors (Lipinski definition) is 3. The van der Waals surface area contributed by atoms with Crippen molar-refractivity contribution in [3.63, 3.8) is 0 Å². The highest BCUT2D eigenvalue weighted by Crippen LogP contribution is 2.18. The number of rotatable bonds is 47. The lowest BCUT2D eigenvalue weighted by molar-refractivity contribution is -0.151. The number of unbranched alkanes of at least 4 members (excludes halogenated alkanes) is 29. The first-order valence-electron chi connectivity index (χ1n) is 26.2. The molecule has 0 rings (SSSR count). The van der Waals surface area contributed by atoms with Crippen molar-refractivity contribution in [3.8, 4) is 0 Å². The third-order valence-corrected chi connectivity index (χ3v) is 12.0. The summed E-state index contributed by atoms with van der Waals surface area (Å²) < 4.78 is 5.93. The number of nitrogens with one attached hydrogen (secondary N) is 1. The molecular weight excluding hydrogens is 743 g/mol. The number of aliphatic hydroxyl groups is 2. The van der Waals surface area contributed by atoms with Crippen molar-refractivity contribution < 1.29 is 24.5 Å². The number of esters is 1. The Hall–Kier alpha value is -1.92. The largest absolute Gasteiger partial charge is 0.462 e. The van der Waals surface area contributed by atoms with Crippen molar-refractivity contribution >= 4 is 11.9 Å². The monoisotopic (exact) mass is 844 g/mol. The topological polar surface area (TPSA) is 95.9 Å². The van der Waals surface area contributed by atoms with Gasteiger partial charge >= 0.3 is 5.97 Å². The molecule has 0 aromatic heterocycles. The van der Waals surface area contributed by atoms with Crippen molar-refractivity contribution in [1.29, 1.82) is 0 Å². The van der Waals surface area contributed by atoms with E-state index in [9.17, 15) is 19.8 Å². The van der Waals surface area contributed by atoms with E-state index in [0.29, 0.717) is 19.3 Å². The lowest BCUT2D eigenvalue weighted by Gasteiger charge is -2.24. The van der Waals surface area contributed by atoms with E-state index < -0.39 is 18.2 Å². The summed E-state index contributed by atoms with van der Waals surface area (Å²) >= 11 is 0. The quantitative estimate of drug-likeness (QED) is 0.0322. The van der Waals surface area contributed by atoms with Gasteiger partial charge in [-0.25, -0.2) is 0 Å². The summed E-state index contributed by atoms with van der Waals surface area (Å²) in [6, 6.07) is -0.700. The molecule has 3 atom stereocenters. The minimum atomic E-state index is -0.786. The number of hydrogen-bond acceptors (Lipinski definition) is 5. The van der Waals surface area contributed by atoms with Gasteiger partial charge in [0.2, 0.25) is 5.91 Å². The molecule has 0 saturated heterocycles. The van der Waals surface area contributed by atoms with E-state index in [-0.39, 0.29) is 24.9 Å². The van der Waals surface area contributed by atoms with Crippen LogP contribution in [0.25, 0.3) is 0 Å². The van der Waals surface area contributed by atoms with Crippen LogP contribution in [0.3, 0.4) is 0 Å². The number of aliphatic hydroxyl groups excluding tert-OH is 2. The zero-order valence-corrected chi connectivity index (χ0v) is 40.1. The average molecular weight is 844 g/mol. The molecule has 0 aliphatic carbocycles. The summed E-state index contributed by atoms with van der Waals surface area (Å²) in [4.78, 5) is 26.1. The standard InChI is InChI=1S/C54H101NO5/c1-4-7-10-13-16-19-22-25-26-27-29-32-35-38-41-44-47-54(59)60-50(45-42-39-36-33-30-24-21-18-15-12-9-6-3)48-53(58)55-51(49-56)52(57)46-43-40-37-34-31-28-23-20-17-14-11-8-5-2/h7,10,16,19,25-26,50-52,56-57H,4-6,8-9,11-15,17-18,20-24,27-49H2,1-3H3,(H,55,58)/b10-7+,19-16+,26-25+. The molecule has 0 saturated carbocycles. The third-order valence-electron chi connectivity index (χ3n) is 12.0. The van der Waals surface area contributed by atoms with Gasteiger partial charge in [0.1, 0.15) is 6.10 Å². The maximum absolute atomic E-state index is 13.2. The molecule has 0 heterocycles. The summed E-state index contributed by atoms with van der Waals surface area (Å²) in [5.41, 5.74) is 0. The van der Waals surface area contributed by atoms with Crippen LogP contribution in [0, 0.1) is 0 Å². The smallest absolute Gasteiger partial charge is 0.306 e. The SMILES string of the molecule is CC/C=C/C/C=C/C/C=C/CCCCCCCCC(=O)OC(CCCCCCCCCCCCCC)CC(=O)NC(CO)C(O)CCCCCCCCCCCCCCC. The van der Waals surface area contributed by atoms with Gasteiger partial charge in [-0.05, 0) is 57.8 Å². The highest BCUT2D eigenvalue weighted by molar-refractivity contribution is 5.77. The molecule has 60 heavy (non-hydrogen) atoms. The Kier molecular flexibility index (Phi) is 46.6. The summed E-state index contributed by atoms with van der Waals surface area (Å²) in [5.74, 6) is -0.477. The minimum Gasteiger partial charge on any atom is -0.462 e. The molecule has 0 spiro atoms. The Morgan fingerprint density at radius 3 is 1.37 bits per heavy atom. The summed E-state index contributed by atoms with van der Waals surface area (Å²) in [5, 5.41) is 23.8. The van der Waals surface area contributed by atoms with Crippen LogP contribution in [-0.2, 0) is 14.3 Å². The van der Waals surface area contributed by atoms with Gasteiger partial charge < -0.3 is 20.3 Å². The summed E-state index contributed by atoms with van der Waals surface area (Å²) in [6.07, 6.45) is 56.3. The lowest BCUT2D eigenvalue weighted by atomic mass is 10.0. The Balaban J connectivity index is 4.54. The van der Waals surface area contributed by atoms with Gasteiger partial charge in [-0.2, -0.15) is 0 Å². The van der Waals surface area contributed by atoms with Gasteiger partial charge in [-0.15, -0.1) is 0 Å².